The average Bonchev–Trinajstić information content (AvgIpc) is 2.87. The third-order valence-electron chi connectivity index (χ3n) is 3.04. The zero-order chi connectivity index (χ0) is 13.3. The molecule has 1 unspecified atom stereocenters. The molecular formula is C13H17BrN2O2. The Balaban J connectivity index is 2.27. The van der Waals surface area contributed by atoms with Crippen LogP contribution in [-0.4, -0.2) is 14.9 Å². The standard InChI is InChI=1S/C13H17BrN2O2/c1-4-16-10(12(14)9(3)15-16)7-11(17)13-8(2)5-6-18-13/h5-6,11,17H,4,7H2,1-3H3. The highest BCUT2D eigenvalue weighted by Crippen LogP contribution is 2.28. The van der Waals surface area contributed by atoms with Crippen molar-refractivity contribution in [3.8, 4) is 0 Å². The fourth-order valence-electron chi connectivity index (χ4n) is 2.07. The van der Waals surface area contributed by atoms with Gasteiger partial charge in [0, 0.05) is 13.0 Å². The molecule has 2 heterocycles. The van der Waals surface area contributed by atoms with Crippen molar-refractivity contribution in [3.63, 3.8) is 0 Å². The van der Waals surface area contributed by atoms with Crippen molar-refractivity contribution < 1.29 is 9.52 Å². The molecule has 1 N–H and O–H groups in total. The number of aliphatic hydroxyl groups is 1. The minimum atomic E-state index is -0.641. The molecule has 0 saturated carbocycles. The third-order valence-corrected chi connectivity index (χ3v) is 4.08. The summed E-state index contributed by atoms with van der Waals surface area (Å²) in [6.45, 7) is 6.70. The Morgan fingerprint density at radius 1 is 1.50 bits per heavy atom. The summed E-state index contributed by atoms with van der Waals surface area (Å²) in [5, 5.41) is 14.7. The van der Waals surface area contributed by atoms with E-state index in [4.69, 9.17) is 4.42 Å². The van der Waals surface area contributed by atoms with E-state index < -0.39 is 6.10 Å². The second-order valence-electron chi connectivity index (χ2n) is 4.35. The zero-order valence-electron chi connectivity index (χ0n) is 10.8. The van der Waals surface area contributed by atoms with Gasteiger partial charge >= 0.3 is 0 Å². The highest BCUT2D eigenvalue weighted by Gasteiger charge is 2.20. The average molecular weight is 313 g/mol. The lowest BCUT2D eigenvalue weighted by molar-refractivity contribution is 0.146. The molecule has 2 rings (SSSR count). The van der Waals surface area contributed by atoms with Gasteiger partial charge in [-0.15, -0.1) is 0 Å². The molecule has 0 aliphatic carbocycles. The van der Waals surface area contributed by atoms with Crippen LogP contribution in [0.5, 0.6) is 0 Å². The fourth-order valence-corrected chi connectivity index (χ4v) is 2.51. The number of aliphatic hydroxyl groups excluding tert-OH is 1. The molecule has 5 heteroatoms. The molecule has 18 heavy (non-hydrogen) atoms. The van der Waals surface area contributed by atoms with Crippen molar-refractivity contribution in [2.75, 3.05) is 0 Å². The fraction of sp³-hybridized carbons (Fsp3) is 0.462. The first-order chi connectivity index (χ1) is 8.54. The van der Waals surface area contributed by atoms with Gasteiger partial charge in [0.2, 0.25) is 0 Å². The Bertz CT molecular complexity index is 545. The SMILES string of the molecule is CCn1nc(C)c(Br)c1CC(O)c1occc1C. The summed E-state index contributed by atoms with van der Waals surface area (Å²) < 4.78 is 8.19. The van der Waals surface area contributed by atoms with Crippen molar-refractivity contribution in [2.45, 2.75) is 39.8 Å². The number of furan rings is 1. The maximum atomic E-state index is 10.2. The van der Waals surface area contributed by atoms with Gasteiger partial charge in [-0.1, -0.05) is 0 Å². The summed E-state index contributed by atoms with van der Waals surface area (Å²) >= 11 is 3.53. The summed E-state index contributed by atoms with van der Waals surface area (Å²) in [6, 6.07) is 1.86. The number of aromatic nitrogens is 2. The topological polar surface area (TPSA) is 51.2 Å². The van der Waals surface area contributed by atoms with Crippen LogP contribution in [0, 0.1) is 13.8 Å². The van der Waals surface area contributed by atoms with Crippen LogP contribution in [0.25, 0.3) is 0 Å². The second kappa shape index (κ2) is 5.28. The highest BCUT2D eigenvalue weighted by atomic mass is 79.9. The molecule has 98 valence electrons. The van der Waals surface area contributed by atoms with E-state index in [0.29, 0.717) is 12.2 Å². The minimum Gasteiger partial charge on any atom is -0.466 e. The van der Waals surface area contributed by atoms with E-state index in [1.54, 1.807) is 6.26 Å². The second-order valence-corrected chi connectivity index (χ2v) is 5.14. The summed E-state index contributed by atoms with van der Waals surface area (Å²) in [7, 11) is 0. The normalized spacial score (nSPS) is 12.9. The third kappa shape index (κ3) is 2.37. The number of aryl methyl sites for hydroxylation is 3. The summed E-state index contributed by atoms with van der Waals surface area (Å²) in [5.74, 6) is 0.628. The van der Waals surface area contributed by atoms with Crippen LogP contribution in [0.1, 0.15) is 35.7 Å². The number of halogens is 1. The van der Waals surface area contributed by atoms with Gasteiger partial charge in [0.25, 0.3) is 0 Å². The van der Waals surface area contributed by atoms with Gasteiger partial charge in [-0.05, 0) is 48.3 Å². The van der Waals surface area contributed by atoms with Gasteiger partial charge < -0.3 is 9.52 Å². The molecule has 1 atom stereocenters. The Kier molecular flexibility index (Phi) is 3.92. The Labute approximate surface area is 115 Å². The maximum absolute atomic E-state index is 10.2. The molecule has 0 radical (unpaired) electrons. The number of rotatable bonds is 4. The lowest BCUT2D eigenvalue weighted by atomic mass is 10.1. The van der Waals surface area contributed by atoms with E-state index in [0.717, 1.165) is 28.0 Å². The van der Waals surface area contributed by atoms with Crippen LogP contribution in [0.4, 0.5) is 0 Å². The number of hydrogen-bond donors (Lipinski definition) is 1. The Morgan fingerprint density at radius 3 is 2.78 bits per heavy atom. The number of nitrogens with zero attached hydrogens (tertiary/aromatic N) is 2. The van der Waals surface area contributed by atoms with Crippen LogP contribution in [0.15, 0.2) is 21.2 Å². The lowest BCUT2D eigenvalue weighted by Crippen LogP contribution is -2.09. The van der Waals surface area contributed by atoms with E-state index in [1.807, 2.05) is 31.5 Å². The molecule has 0 aromatic carbocycles. The summed E-state index contributed by atoms with van der Waals surface area (Å²) in [6.07, 6.45) is 1.45. The first-order valence-corrected chi connectivity index (χ1v) is 6.77. The monoisotopic (exact) mass is 312 g/mol. The largest absolute Gasteiger partial charge is 0.466 e. The van der Waals surface area contributed by atoms with E-state index in [2.05, 4.69) is 21.0 Å². The van der Waals surface area contributed by atoms with Crippen molar-refractivity contribution in [2.24, 2.45) is 0 Å². The van der Waals surface area contributed by atoms with E-state index >= 15 is 0 Å². The van der Waals surface area contributed by atoms with E-state index in [-0.39, 0.29) is 0 Å². The molecule has 2 aromatic heterocycles. The summed E-state index contributed by atoms with van der Waals surface area (Å²) in [4.78, 5) is 0. The molecule has 0 saturated heterocycles. The quantitative estimate of drug-likeness (QED) is 0.943. The summed E-state index contributed by atoms with van der Waals surface area (Å²) in [5.41, 5.74) is 2.91. The maximum Gasteiger partial charge on any atom is 0.135 e. The van der Waals surface area contributed by atoms with Gasteiger partial charge in [-0.25, -0.2) is 0 Å². The van der Waals surface area contributed by atoms with Gasteiger partial charge in [-0.2, -0.15) is 5.10 Å². The molecule has 0 aliphatic rings. The van der Waals surface area contributed by atoms with Gasteiger partial charge in [0.1, 0.15) is 11.9 Å². The van der Waals surface area contributed by atoms with Gasteiger partial charge in [-0.3, -0.25) is 4.68 Å². The highest BCUT2D eigenvalue weighted by molar-refractivity contribution is 9.10. The van der Waals surface area contributed by atoms with Crippen molar-refractivity contribution in [3.05, 3.63) is 39.5 Å². The molecule has 4 nitrogen and oxygen atoms in total. The van der Waals surface area contributed by atoms with Crippen LogP contribution in [0.3, 0.4) is 0 Å². The van der Waals surface area contributed by atoms with Crippen molar-refractivity contribution >= 4 is 15.9 Å². The van der Waals surface area contributed by atoms with Gasteiger partial charge in [0.15, 0.2) is 0 Å². The Hall–Kier alpha value is -1.07. The first-order valence-electron chi connectivity index (χ1n) is 5.98. The Morgan fingerprint density at radius 2 is 2.22 bits per heavy atom. The molecule has 2 aromatic rings. The zero-order valence-corrected chi connectivity index (χ0v) is 12.4. The smallest absolute Gasteiger partial charge is 0.135 e. The van der Waals surface area contributed by atoms with Gasteiger partial charge in [0.05, 0.1) is 22.1 Å². The predicted octanol–water partition coefficient (Wildman–Crippen LogP) is 3.15. The van der Waals surface area contributed by atoms with Crippen LogP contribution < -0.4 is 0 Å². The molecular weight excluding hydrogens is 296 g/mol. The molecule has 0 aliphatic heterocycles. The van der Waals surface area contributed by atoms with Crippen LogP contribution in [-0.2, 0) is 13.0 Å². The first kappa shape index (κ1) is 13.4. The molecule has 0 bridgehead atoms. The minimum absolute atomic E-state index is 0.490. The molecule has 0 amide bonds. The van der Waals surface area contributed by atoms with E-state index in [9.17, 15) is 5.11 Å². The van der Waals surface area contributed by atoms with Crippen LogP contribution >= 0.6 is 15.9 Å². The molecule has 0 spiro atoms. The van der Waals surface area contributed by atoms with Crippen LogP contribution in [0.2, 0.25) is 0 Å². The van der Waals surface area contributed by atoms with Crippen molar-refractivity contribution in [1.82, 2.24) is 9.78 Å². The predicted molar refractivity (Wildman–Crippen MR) is 72.4 cm³/mol. The number of hydrogen-bond acceptors (Lipinski definition) is 3. The lowest BCUT2D eigenvalue weighted by Gasteiger charge is -2.11. The van der Waals surface area contributed by atoms with E-state index in [1.165, 1.54) is 0 Å². The van der Waals surface area contributed by atoms with Crippen molar-refractivity contribution in [1.29, 1.82) is 0 Å². The molecule has 0 fully saturated rings.